The fourth-order valence-electron chi connectivity index (χ4n) is 0.887. The lowest BCUT2D eigenvalue weighted by Crippen LogP contribution is -2.25. The maximum atomic E-state index is 10.9. The van der Waals surface area contributed by atoms with E-state index in [0.29, 0.717) is 6.29 Å². The van der Waals surface area contributed by atoms with E-state index < -0.39 is 6.09 Å². The van der Waals surface area contributed by atoms with Crippen molar-refractivity contribution in [1.29, 1.82) is 0 Å². The van der Waals surface area contributed by atoms with Gasteiger partial charge in [0.1, 0.15) is 19.5 Å². The molecule has 80 valence electrons. The summed E-state index contributed by atoms with van der Waals surface area (Å²) in [4.78, 5) is 25.2. The Morgan fingerprint density at radius 3 is 2.73 bits per heavy atom. The molecule has 0 saturated heterocycles. The number of rotatable bonds is 5. The van der Waals surface area contributed by atoms with Crippen molar-refractivity contribution in [2.24, 2.45) is 0 Å². The molecule has 0 bridgehead atoms. The van der Waals surface area contributed by atoms with Gasteiger partial charge in [-0.15, -0.1) is 0 Å². The number of nitrogens with one attached hydrogen (secondary N) is 1. The molecular weight excluding hydrogens is 198 g/mol. The molecular formula is C10H11NO4. The molecule has 0 saturated carbocycles. The summed E-state index contributed by atoms with van der Waals surface area (Å²) in [5.41, 5.74) is 2.84. The molecule has 1 aromatic rings. The molecule has 0 aliphatic heterocycles. The van der Waals surface area contributed by atoms with Gasteiger partial charge < -0.3 is 9.53 Å². The molecule has 0 heterocycles. The zero-order valence-corrected chi connectivity index (χ0v) is 8.01. The Morgan fingerprint density at radius 1 is 1.33 bits per heavy atom. The van der Waals surface area contributed by atoms with Crippen LogP contribution in [-0.4, -0.2) is 19.0 Å². The van der Waals surface area contributed by atoms with Gasteiger partial charge in [0.05, 0.1) is 0 Å². The number of carbonyl (C=O) groups excluding carboxylic acids is 2. The summed E-state index contributed by atoms with van der Waals surface area (Å²) in [6.07, 6.45) is -0.196. The number of carbonyl (C=O) groups is 2. The minimum absolute atomic E-state index is 0.164. The molecule has 1 amide bonds. The van der Waals surface area contributed by atoms with Gasteiger partial charge in [0.2, 0.25) is 0 Å². The average molecular weight is 209 g/mol. The van der Waals surface area contributed by atoms with Crippen LogP contribution in [0.5, 0.6) is 0 Å². The van der Waals surface area contributed by atoms with E-state index in [1.54, 1.807) is 0 Å². The SMILES string of the molecule is O=CCONC(=O)OCc1ccccc1. The zero-order chi connectivity index (χ0) is 10.9. The molecule has 15 heavy (non-hydrogen) atoms. The van der Waals surface area contributed by atoms with Crippen LogP contribution in [-0.2, 0) is 21.0 Å². The summed E-state index contributed by atoms with van der Waals surface area (Å²) in [7, 11) is 0. The second-order valence-corrected chi connectivity index (χ2v) is 2.64. The van der Waals surface area contributed by atoms with Gasteiger partial charge in [-0.05, 0) is 5.56 Å². The van der Waals surface area contributed by atoms with Crippen LogP contribution in [0.4, 0.5) is 4.79 Å². The Morgan fingerprint density at radius 2 is 2.07 bits per heavy atom. The van der Waals surface area contributed by atoms with Crippen LogP contribution >= 0.6 is 0 Å². The van der Waals surface area contributed by atoms with E-state index in [-0.39, 0.29) is 13.2 Å². The summed E-state index contributed by atoms with van der Waals surface area (Å²) in [5.74, 6) is 0. The zero-order valence-electron chi connectivity index (χ0n) is 8.01. The van der Waals surface area contributed by atoms with Crippen LogP contribution in [0.15, 0.2) is 30.3 Å². The van der Waals surface area contributed by atoms with Crippen LogP contribution in [0.1, 0.15) is 5.56 Å². The maximum Gasteiger partial charge on any atom is 0.431 e. The Balaban J connectivity index is 2.20. The van der Waals surface area contributed by atoms with E-state index in [2.05, 4.69) is 4.84 Å². The van der Waals surface area contributed by atoms with Crippen molar-refractivity contribution in [3.63, 3.8) is 0 Å². The van der Waals surface area contributed by atoms with Gasteiger partial charge in [0, 0.05) is 0 Å². The standard InChI is InChI=1S/C10H11NO4/c12-6-7-15-11-10(13)14-8-9-4-2-1-3-5-9/h1-6H,7-8H2,(H,11,13). The van der Waals surface area contributed by atoms with Gasteiger partial charge in [-0.3, -0.25) is 4.84 Å². The van der Waals surface area contributed by atoms with Gasteiger partial charge in [0.25, 0.3) is 0 Å². The number of hydroxylamine groups is 1. The largest absolute Gasteiger partial charge is 0.443 e. The lowest BCUT2D eigenvalue weighted by Gasteiger charge is -2.05. The predicted octanol–water partition coefficient (Wildman–Crippen LogP) is 1.04. The fourth-order valence-corrected chi connectivity index (χ4v) is 0.887. The number of amides is 1. The highest BCUT2D eigenvalue weighted by atomic mass is 16.7. The molecule has 0 radical (unpaired) electrons. The Hall–Kier alpha value is -1.88. The third-order valence-corrected chi connectivity index (χ3v) is 1.52. The molecule has 0 aromatic heterocycles. The van der Waals surface area contributed by atoms with E-state index >= 15 is 0 Å². The molecule has 0 fully saturated rings. The van der Waals surface area contributed by atoms with Crippen LogP contribution in [0.3, 0.4) is 0 Å². The summed E-state index contributed by atoms with van der Waals surface area (Å²) in [5, 5.41) is 0. The van der Waals surface area contributed by atoms with Gasteiger partial charge in [0.15, 0.2) is 0 Å². The molecule has 0 aliphatic carbocycles. The molecule has 0 aliphatic rings. The monoisotopic (exact) mass is 209 g/mol. The van der Waals surface area contributed by atoms with Crippen molar-refractivity contribution in [2.45, 2.75) is 6.61 Å². The second-order valence-electron chi connectivity index (χ2n) is 2.64. The lowest BCUT2D eigenvalue weighted by atomic mass is 10.2. The first-order chi connectivity index (χ1) is 7.33. The highest BCUT2D eigenvalue weighted by Crippen LogP contribution is 2.00. The third-order valence-electron chi connectivity index (χ3n) is 1.52. The predicted molar refractivity (Wildman–Crippen MR) is 51.8 cm³/mol. The number of ether oxygens (including phenoxy) is 1. The summed E-state index contributed by atoms with van der Waals surface area (Å²) >= 11 is 0. The van der Waals surface area contributed by atoms with E-state index in [9.17, 15) is 9.59 Å². The topological polar surface area (TPSA) is 64.6 Å². The molecule has 1 N–H and O–H groups in total. The average Bonchev–Trinajstić information content (AvgIpc) is 2.28. The molecule has 1 rings (SSSR count). The van der Waals surface area contributed by atoms with E-state index in [4.69, 9.17) is 4.74 Å². The van der Waals surface area contributed by atoms with E-state index in [1.165, 1.54) is 0 Å². The maximum absolute atomic E-state index is 10.9. The number of aldehydes is 1. The fraction of sp³-hybridized carbons (Fsp3) is 0.200. The minimum atomic E-state index is -0.722. The van der Waals surface area contributed by atoms with Crippen LogP contribution < -0.4 is 5.48 Å². The number of hydrogen-bond donors (Lipinski definition) is 1. The summed E-state index contributed by atoms with van der Waals surface area (Å²) < 4.78 is 4.78. The molecule has 1 aromatic carbocycles. The minimum Gasteiger partial charge on any atom is -0.443 e. The third kappa shape index (κ3) is 4.78. The first-order valence-electron chi connectivity index (χ1n) is 4.35. The molecule has 0 atom stereocenters. The molecule has 0 spiro atoms. The van der Waals surface area contributed by atoms with Gasteiger partial charge in [-0.25, -0.2) is 4.79 Å². The Kier molecular flexibility index (Phi) is 4.89. The first kappa shape index (κ1) is 11.2. The van der Waals surface area contributed by atoms with Crippen molar-refractivity contribution in [3.05, 3.63) is 35.9 Å². The Bertz CT molecular complexity index is 312. The highest BCUT2D eigenvalue weighted by Gasteiger charge is 2.01. The van der Waals surface area contributed by atoms with Gasteiger partial charge in [-0.1, -0.05) is 30.3 Å². The van der Waals surface area contributed by atoms with Gasteiger partial charge in [-0.2, -0.15) is 5.48 Å². The molecule has 5 nitrogen and oxygen atoms in total. The first-order valence-corrected chi connectivity index (χ1v) is 4.35. The van der Waals surface area contributed by atoms with Crippen molar-refractivity contribution < 1.29 is 19.2 Å². The van der Waals surface area contributed by atoms with Crippen LogP contribution in [0.25, 0.3) is 0 Å². The van der Waals surface area contributed by atoms with Crippen molar-refractivity contribution in [1.82, 2.24) is 5.48 Å². The van der Waals surface area contributed by atoms with Crippen LogP contribution in [0, 0.1) is 0 Å². The normalized spacial score (nSPS) is 9.33. The summed E-state index contributed by atoms with van der Waals surface area (Å²) in [6.45, 7) is -0.0302. The highest BCUT2D eigenvalue weighted by molar-refractivity contribution is 5.66. The number of benzene rings is 1. The quantitative estimate of drug-likeness (QED) is 0.447. The second kappa shape index (κ2) is 6.56. The Labute approximate surface area is 86.9 Å². The van der Waals surface area contributed by atoms with E-state index in [0.717, 1.165) is 5.56 Å². The summed E-state index contributed by atoms with van der Waals surface area (Å²) in [6, 6.07) is 9.23. The van der Waals surface area contributed by atoms with Crippen LogP contribution in [0.2, 0.25) is 0 Å². The van der Waals surface area contributed by atoms with Gasteiger partial charge >= 0.3 is 6.09 Å². The van der Waals surface area contributed by atoms with E-state index in [1.807, 2.05) is 35.8 Å². The molecule has 5 heteroatoms. The van der Waals surface area contributed by atoms with Crippen molar-refractivity contribution >= 4 is 12.4 Å². The van der Waals surface area contributed by atoms with Crippen molar-refractivity contribution in [3.8, 4) is 0 Å². The smallest absolute Gasteiger partial charge is 0.431 e. The molecule has 0 unspecified atom stereocenters. The lowest BCUT2D eigenvalue weighted by molar-refractivity contribution is -0.113. The van der Waals surface area contributed by atoms with Crippen molar-refractivity contribution in [2.75, 3.05) is 6.61 Å². The number of hydrogen-bond acceptors (Lipinski definition) is 4.